The maximum Gasteiger partial charge on any atom is 0.509 e. The first kappa shape index (κ1) is 20.5. The van der Waals surface area contributed by atoms with Gasteiger partial charge in [-0.2, -0.15) is 0 Å². The number of ether oxygens (including phenoxy) is 3. The third kappa shape index (κ3) is 6.82. The third-order valence-electron chi connectivity index (χ3n) is 3.01. The van der Waals surface area contributed by atoms with E-state index in [2.05, 4.69) is 0 Å². The summed E-state index contributed by atoms with van der Waals surface area (Å²) in [5.41, 5.74) is -0.449. The van der Waals surface area contributed by atoms with Crippen molar-refractivity contribution in [2.24, 2.45) is 5.92 Å². The molecular formula is C18H24O7. The Bertz CT molecular complexity index is 602. The second-order valence-electron chi connectivity index (χ2n) is 6.81. The predicted molar refractivity (Wildman–Crippen MR) is 88.9 cm³/mol. The van der Waals surface area contributed by atoms with Gasteiger partial charge in [-0.05, 0) is 20.8 Å². The number of esters is 1. The first-order valence-electron chi connectivity index (χ1n) is 7.89. The quantitative estimate of drug-likeness (QED) is 0.784. The molecule has 25 heavy (non-hydrogen) atoms. The number of rotatable bonds is 6. The van der Waals surface area contributed by atoms with Crippen LogP contribution in [-0.2, 0) is 23.8 Å². The molecule has 0 radical (unpaired) electrons. The van der Waals surface area contributed by atoms with Crippen LogP contribution in [0.5, 0.6) is 0 Å². The lowest BCUT2D eigenvalue weighted by Crippen LogP contribution is -2.35. The zero-order valence-corrected chi connectivity index (χ0v) is 15.0. The van der Waals surface area contributed by atoms with Crippen LogP contribution in [0.3, 0.4) is 0 Å². The van der Waals surface area contributed by atoms with E-state index in [-0.39, 0.29) is 0 Å². The van der Waals surface area contributed by atoms with Gasteiger partial charge in [-0.25, -0.2) is 14.4 Å². The smallest absolute Gasteiger partial charge is 0.478 e. The number of carbonyl (C=O) groups excluding carboxylic acids is 2. The molecule has 7 heteroatoms. The normalized spacial score (nSPS) is 13.7. The second kappa shape index (κ2) is 8.50. The van der Waals surface area contributed by atoms with Crippen LogP contribution in [-0.4, -0.2) is 34.9 Å². The maximum absolute atomic E-state index is 12.4. The highest BCUT2D eigenvalue weighted by Crippen LogP contribution is 2.23. The van der Waals surface area contributed by atoms with Gasteiger partial charge in [-0.1, -0.05) is 44.2 Å². The summed E-state index contributed by atoms with van der Waals surface area (Å²) in [5, 5.41) is 9.17. The maximum atomic E-state index is 12.4. The minimum Gasteiger partial charge on any atom is -0.478 e. The lowest BCUT2D eigenvalue weighted by atomic mass is 10.1. The largest absolute Gasteiger partial charge is 0.509 e. The summed E-state index contributed by atoms with van der Waals surface area (Å²) < 4.78 is 15.2. The van der Waals surface area contributed by atoms with E-state index in [0.29, 0.717) is 5.56 Å². The molecule has 0 amide bonds. The van der Waals surface area contributed by atoms with E-state index in [4.69, 9.17) is 19.3 Å². The molecule has 0 fully saturated rings. The van der Waals surface area contributed by atoms with Crippen LogP contribution in [0.4, 0.5) is 4.79 Å². The van der Waals surface area contributed by atoms with Crippen molar-refractivity contribution in [2.75, 3.05) is 0 Å². The third-order valence-corrected chi connectivity index (χ3v) is 3.01. The van der Waals surface area contributed by atoms with Crippen LogP contribution in [0.15, 0.2) is 30.3 Å². The average molecular weight is 352 g/mol. The molecule has 1 aromatic carbocycles. The number of hydrogen-bond acceptors (Lipinski definition) is 6. The summed E-state index contributed by atoms with van der Waals surface area (Å²) in [6.07, 6.45) is -3.81. The molecule has 1 aromatic rings. The summed E-state index contributed by atoms with van der Waals surface area (Å²) in [4.78, 5) is 35.6. The van der Waals surface area contributed by atoms with Gasteiger partial charge in [-0.15, -0.1) is 0 Å². The van der Waals surface area contributed by atoms with E-state index in [0.717, 1.165) is 0 Å². The van der Waals surface area contributed by atoms with Crippen LogP contribution in [0.1, 0.15) is 46.3 Å². The number of benzene rings is 1. The lowest BCUT2D eigenvalue weighted by Gasteiger charge is -2.24. The van der Waals surface area contributed by atoms with Crippen molar-refractivity contribution < 1.29 is 33.7 Å². The Morgan fingerprint density at radius 1 is 1.00 bits per heavy atom. The fourth-order valence-corrected chi connectivity index (χ4v) is 1.91. The van der Waals surface area contributed by atoms with Crippen LogP contribution < -0.4 is 0 Å². The number of carboxylic acid groups (broad SMARTS) is 1. The summed E-state index contributed by atoms with van der Waals surface area (Å²) in [7, 11) is 0. The number of carbonyl (C=O) groups is 3. The summed E-state index contributed by atoms with van der Waals surface area (Å²) in [5.74, 6) is -2.69. The molecule has 0 aliphatic heterocycles. The van der Waals surface area contributed by atoms with Crippen molar-refractivity contribution in [1.29, 1.82) is 0 Å². The van der Waals surface area contributed by atoms with Gasteiger partial charge in [0.2, 0.25) is 12.2 Å². The monoisotopic (exact) mass is 352 g/mol. The number of hydrogen-bond donors (Lipinski definition) is 1. The highest BCUT2D eigenvalue weighted by Gasteiger charge is 2.34. The van der Waals surface area contributed by atoms with Gasteiger partial charge >= 0.3 is 18.1 Å². The Morgan fingerprint density at radius 2 is 1.56 bits per heavy atom. The van der Waals surface area contributed by atoms with E-state index in [9.17, 15) is 14.4 Å². The zero-order valence-electron chi connectivity index (χ0n) is 15.0. The first-order chi connectivity index (χ1) is 11.5. The number of aliphatic carboxylic acids is 1. The van der Waals surface area contributed by atoms with Gasteiger partial charge in [0.25, 0.3) is 0 Å². The molecule has 1 N–H and O–H groups in total. The fourth-order valence-electron chi connectivity index (χ4n) is 1.91. The lowest BCUT2D eigenvalue weighted by molar-refractivity contribution is -0.174. The average Bonchev–Trinajstić information content (AvgIpc) is 2.48. The first-order valence-corrected chi connectivity index (χ1v) is 7.89. The van der Waals surface area contributed by atoms with Crippen molar-refractivity contribution in [3.8, 4) is 0 Å². The molecule has 2 atom stereocenters. The van der Waals surface area contributed by atoms with Gasteiger partial charge in [0.15, 0.2) is 0 Å². The summed E-state index contributed by atoms with van der Waals surface area (Å²) in [6.45, 7) is 8.19. The molecule has 1 rings (SSSR count). The Hall–Kier alpha value is -2.57. The highest BCUT2D eigenvalue weighted by molar-refractivity contribution is 5.83. The molecular weight excluding hydrogens is 328 g/mol. The van der Waals surface area contributed by atoms with Crippen molar-refractivity contribution in [1.82, 2.24) is 0 Å². The number of carboxylic acids is 1. The van der Waals surface area contributed by atoms with Crippen molar-refractivity contribution >= 4 is 18.1 Å². The van der Waals surface area contributed by atoms with Crippen molar-refractivity contribution in [3.63, 3.8) is 0 Å². The Balaban J connectivity index is 3.01. The Labute approximate surface area is 146 Å². The Morgan fingerprint density at radius 3 is 2.00 bits per heavy atom. The predicted octanol–water partition coefficient (Wildman–Crippen LogP) is 3.33. The second-order valence-corrected chi connectivity index (χ2v) is 6.81. The molecule has 0 aromatic heterocycles. The molecule has 7 nitrogen and oxygen atoms in total. The van der Waals surface area contributed by atoms with Crippen LogP contribution in [0.2, 0.25) is 0 Å². The molecule has 0 aliphatic rings. The van der Waals surface area contributed by atoms with Crippen molar-refractivity contribution in [3.05, 3.63) is 35.9 Å². The van der Waals surface area contributed by atoms with E-state index in [1.54, 1.807) is 65.0 Å². The van der Waals surface area contributed by atoms with E-state index in [1.807, 2.05) is 0 Å². The highest BCUT2D eigenvalue weighted by atomic mass is 16.7. The standard InChI is InChI=1S/C18H24O7/c1-11(2)13(15(19)20)23-16(21)14(12-9-7-6-8-10-12)24-17(22)25-18(3,4)5/h6-11,13-14H,1-5H3,(H,19,20)/t13-,14-/m0/s1. The molecule has 0 bridgehead atoms. The Kier molecular flexibility index (Phi) is 6.97. The van der Waals surface area contributed by atoms with Crippen molar-refractivity contribution in [2.45, 2.75) is 52.4 Å². The molecule has 0 aliphatic carbocycles. The molecule has 0 saturated heterocycles. The van der Waals surface area contributed by atoms with Crippen LogP contribution in [0.25, 0.3) is 0 Å². The molecule has 0 heterocycles. The summed E-state index contributed by atoms with van der Waals surface area (Å²) in [6, 6.07) is 8.19. The van der Waals surface area contributed by atoms with Crippen LogP contribution >= 0.6 is 0 Å². The van der Waals surface area contributed by atoms with Gasteiger partial charge < -0.3 is 19.3 Å². The van der Waals surface area contributed by atoms with E-state index < -0.39 is 41.8 Å². The van der Waals surface area contributed by atoms with Gasteiger partial charge in [0.05, 0.1) is 0 Å². The zero-order chi connectivity index (χ0) is 19.2. The minimum atomic E-state index is -1.42. The van der Waals surface area contributed by atoms with E-state index >= 15 is 0 Å². The van der Waals surface area contributed by atoms with Gasteiger partial charge in [0, 0.05) is 11.5 Å². The van der Waals surface area contributed by atoms with Crippen LogP contribution in [0, 0.1) is 5.92 Å². The molecule has 0 spiro atoms. The minimum absolute atomic E-state index is 0.353. The van der Waals surface area contributed by atoms with Gasteiger partial charge in [0.1, 0.15) is 5.60 Å². The SMILES string of the molecule is CC(C)[C@H](OC(=O)[C@@H](OC(=O)OC(C)(C)C)c1ccccc1)C(=O)O. The molecule has 0 unspecified atom stereocenters. The van der Waals surface area contributed by atoms with Gasteiger partial charge in [-0.3, -0.25) is 0 Å². The topological polar surface area (TPSA) is 99.1 Å². The van der Waals surface area contributed by atoms with E-state index in [1.165, 1.54) is 0 Å². The molecule has 138 valence electrons. The fraction of sp³-hybridized carbons (Fsp3) is 0.500. The summed E-state index contributed by atoms with van der Waals surface area (Å²) >= 11 is 0. The molecule has 0 saturated carbocycles.